The van der Waals surface area contributed by atoms with Crippen LogP contribution in [0.4, 0.5) is 13.2 Å². The van der Waals surface area contributed by atoms with Crippen LogP contribution in [0.15, 0.2) is 29.0 Å². The van der Waals surface area contributed by atoms with Crippen LogP contribution in [0.1, 0.15) is 19.3 Å². The lowest BCUT2D eigenvalue weighted by Gasteiger charge is -2.31. The van der Waals surface area contributed by atoms with E-state index in [1.54, 1.807) is 14.1 Å². The van der Waals surface area contributed by atoms with Crippen molar-refractivity contribution in [3.63, 3.8) is 0 Å². The summed E-state index contributed by atoms with van der Waals surface area (Å²) >= 11 is 0. The standard InChI is InChI=1S/C15H22F3N5/c1-5-22-14(15(16,17)18)23(4)12(20-2)8-11(9-19)13(21-3)10-6-7-10/h5,10,12,20-21H,1,6-8H2,2-4H3/b13-11+,22-14?. The van der Waals surface area contributed by atoms with Crippen LogP contribution >= 0.6 is 0 Å². The van der Waals surface area contributed by atoms with Gasteiger partial charge in [-0.15, -0.1) is 0 Å². The van der Waals surface area contributed by atoms with Crippen molar-refractivity contribution in [3.05, 3.63) is 24.0 Å². The molecule has 1 aliphatic rings. The van der Waals surface area contributed by atoms with Crippen LogP contribution < -0.4 is 10.6 Å². The Kier molecular flexibility index (Phi) is 6.63. The lowest BCUT2D eigenvalue weighted by atomic mass is 10.1. The second-order valence-electron chi connectivity index (χ2n) is 5.28. The summed E-state index contributed by atoms with van der Waals surface area (Å²) in [6, 6.07) is 2.11. The van der Waals surface area contributed by atoms with Gasteiger partial charge in [-0.3, -0.25) is 0 Å². The smallest absolute Gasteiger partial charge is 0.390 e. The zero-order chi connectivity index (χ0) is 17.6. The van der Waals surface area contributed by atoms with E-state index in [0.717, 1.165) is 29.6 Å². The molecular formula is C15H22F3N5. The predicted molar refractivity (Wildman–Crippen MR) is 83.3 cm³/mol. The molecule has 1 fully saturated rings. The first kappa shape index (κ1) is 19.0. The van der Waals surface area contributed by atoms with E-state index in [9.17, 15) is 18.4 Å². The first-order valence-electron chi connectivity index (χ1n) is 7.27. The number of allylic oxidation sites excluding steroid dienone is 1. The summed E-state index contributed by atoms with van der Waals surface area (Å²) < 4.78 is 39.3. The minimum absolute atomic E-state index is 0.141. The van der Waals surface area contributed by atoms with Gasteiger partial charge in [0.05, 0.1) is 17.8 Å². The Morgan fingerprint density at radius 3 is 2.43 bits per heavy atom. The molecule has 1 aliphatic carbocycles. The normalized spacial score (nSPS) is 17.9. The molecule has 0 aromatic carbocycles. The summed E-state index contributed by atoms with van der Waals surface area (Å²) in [7, 11) is 4.57. The molecule has 5 nitrogen and oxygen atoms in total. The van der Waals surface area contributed by atoms with Crippen LogP contribution in [0, 0.1) is 17.2 Å². The SMILES string of the molecule is C=CN=C(N(C)C(C/C(C#N)=C(\NC)C1CC1)NC)C(F)(F)F. The van der Waals surface area contributed by atoms with E-state index in [2.05, 4.69) is 28.3 Å². The van der Waals surface area contributed by atoms with Gasteiger partial charge in [0.15, 0.2) is 0 Å². The summed E-state index contributed by atoms with van der Waals surface area (Å²) in [5, 5.41) is 15.2. The molecule has 8 heteroatoms. The maximum absolute atomic E-state index is 13.1. The Hall–Kier alpha value is -2.01. The molecule has 0 spiro atoms. The van der Waals surface area contributed by atoms with Gasteiger partial charge in [-0.25, -0.2) is 4.99 Å². The summed E-state index contributed by atoms with van der Waals surface area (Å²) in [6.45, 7) is 3.23. The second-order valence-corrected chi connectivity index (χ2v) is 5.28. The maximum Gasteiger partial charge on any atom is 0.449 e. The Balaban J connectivity index is 3.05. The van der Waals surface area contributed by atoms with Gasteiger partial charge < -0.3 is 15.5 Å². The van der Waals surface area contributed by atoms with Gasteiger partial charge in [0.25, 0.3) is 0 Å². The molecule has 0 radical (unpaired) electrons. The fraction of sp³-hybridized carbons (Fsp3) is 0.600. The van der Waals surface area contributed by atoms with Crippen molar-refractivity contribution in [1.82, 2.24) is 15.5 Å². The third kappa shape index (κ3) is 4.99. The number of alkyl halides is 3. The van der Waals surface area contributed by atoms with E-state index in [0.29, 0.717) is 11.5 Å². The fourth-order valence-electron chi connectivity index (χ4n) is 2.41. The average molecular weight is 329 g/mol. The first-order chi connectivity index (χ1) is 10.8. The van der Waals surface area contributed by atoms with E-state index in [1.165, 1.54) is 7.05 Å². The highest BCUT2D eigenvalue weighted by atomic mass is 19.4. The van der Waals surface area contributed by atoms with Crippen molar-refractivity contribution in [2.75, 3.05) is 21.1 Å². The van der Waals surface area contributed by atoms with Crippen LogP contribution in [-0.4, -0.2) is 44.2 Å². The molecule has 0 heterocycles. The largest absolute Gasteiger partial charge is 0.449 e. The molecule has 1 atom stereocenters. The molecule has 0 aromatic rings. The van der Waals surface area contributed by atoms with Crippen LogP contribution in [0.5, 0.6) is 0 Å². The summed E-state index contributed by atoms with van der Waals surface area (Å²) in [6.07, 6.45) is -2.33. The fourth-order valence-corrected chi connectivity index (χ4v) is 2.41. The number of hydrogen-bond acceptors (Lipinski definition) is 4. The van der Waals surface area contributed by atoms with Gasteiger partial charge in [0, 0.05) is 32.4 Å². The van der Waals surface area contributed by atoms with E-state index in [1.807, 2.05) is 0 Å². The number of halogens is 3. The summed E-state index contributed by atoms with van der Waals surface area (Å²) in [5.74, 6) is -0.747. The van der Waals surface area contributed by atoms with Crippen molar-refractivity contribution < 1.29 is 13.2 Å². The molecule has 23 heavy (non-hydrogen) atoms. The zero-order valence-electron chi connectivity index (χ0n) is 13.5. The molecule has 0 aromatic heterocycles. The topological polar surface area (TPSA) is 63.5 Å². The van der Waals surface area contributed by atoms with Crippen molar-refractivity contribution in [3.8, 4) is 6.07 Å². The molecule has 128 valence electrons. The molecule has 1 rings (SSSR count). The lowest BCUT2D eigenvalue weighted by molar-refractivity contribution is -0.0699. The minimum Gasteiger partial charge on any atom is -0.390 e. The number of amidine groups is 1. The summed E-state index contributed by atoms with van der Waals surface area (Å²) in [4.78, 5) is 4.32. The van der Waals surface area contributed by atoms with Gasteiger partial charge in [-0.2, -0.15) is 18.4 Å². The molecule has 1 saturated carbocycles. The number of nitrogens with one attached hydrogen (secondary N) is 2. The lowest BCUT2D eigenvalue weighted by Crippen LogP contribution is -2.50. The van der Waals surface area contributed by atoms with E-state index >= 15 is 0 Å². The molecule has 0 bridgehead atoms. The Labute approximate surface area is 134 Å². The van der Waals surface area contributed by atoms with Crippen molar-refractivity contribution in [1.29, 1.82) is 5.26 Å². The average Bonchev–Trinajstić information content (AvgIpc) is 3.31. The van der Waals surface area contributed by atoms with Gasteiger partial charge >= 0.3 is 6.18 Å². The maximum atomic E-state index is 13.1. The van der Waals surface area contributed by atoms with E-state index in [4.69, 9.17) is 0 Å². The predicted octanol–water partition coefficient (Wildman–Crippen LogP) is 2.37. The number of rotatable bonds is 7. The van der Waals surface area contributed by atoms with Crippen molar-refractivity contribution >= 4 is 5.84 Å². The molecule has 1 unspecified atom stereocenters. The van der Waals surface area contributed by atoms with Gasteiger partial charge in [-0.1, -0.05) is 6.58 Å². The minimum atomic E-state index is -4.60. The Morgan fingerprint density at radius 2 is 2.09 bits per heavy atom. The van der Waals surface area contributed by atoms with Gasteiger partial charge in [-0.05, 0) is 25.8 Å². The monoisotopic (exact) mass is 329 g/mol. The van der Waals surface area contributed by atoms with Crippen LogP contribution in [0.3, 0.4) is 0 Å². The highest BCUT2D eigenvalue weighted by molar-refractivity contribution is 5.88. The van der Waals surface area contributed by atoms with E-state index < -0.39 is 18.2 Å². The number of nitriles is 1. The summed E-state index contributed by atoms with van der Waals surface area (Å²) in [5.41, 5.74) is 1.27. The van der Waals surface area contributed by atoms with Crippen LogP contribution in [-0.2, 0) is 0 Å². The third-order valence-corrected chi connectivity index (χ3v) is 3.71. The van der Waals surface area contributed by atoms with Crippen molar-refractivity contribution in [2.24, 2.45) is 10.9 Å². The molecule has 0 aliphatic heterocycles. The molecule has 2 N–H and O–H groups in total. The third-order valence-electron chi connectivity index (χ3n) is 3.71. The highest BCUT2D eigenvalue weighted by Gasteiger charge is 2.40. The number of hydrogen-bond donors (Lipinski definition) is 2. The molecule has 0 amide bonds. The zero-order valence-corrected chi connectivity index (χ0v) is 13.5. The first-order valence-corrected chi connectivity index (χ1v) is 7.27. The van der Waals surface area contributed by atoms with E-state index in [-0.39, 0.29) is 6.42 Å². The second kappa shape index (κ2) is 8.02. The van der Waals surface area contributed by atoms with Gasteiger partial charge in [0.2, 0.25) is 5.84 Å². The Morgan fingerprint density at radius 1 is 1.48 bits per heavy atom. The van der Waals surface area contributed by atoms with Crippen LogP contribution in [0.2, 0.25) is 0 Å². The van der Waals surface area contributed by atoms with Crippen molar-refractivity contribution in [2.45, 2.75) is 31.6 Å². The molecule has 0 saturated heterocycles. The molecular weight excluding hydrogens is 307 g/mol. The number of aliphatic imine (C=N–C) groups is 1. The van der Waals surface area contributed by atoms with Crippen LogP contribution in [0.25, 0.3) is 0 Å². The number of nitrogens with zero attached hydrogens (tertiary/aromatic N) is 3. The van der Waals surface area contributed by atoms with Gasteiger partial charge in [0.1, 0.15) is 0 Å². The highest BCUT2D eigenvalue weighted by Crippen LogP contribution is 2.37. The Bertz CT molecular complexity index is 526. The quantitative estimate of drug-likeness (QED) is 0.326.